The fourth-order valence-corrected chi connectivity index (χ4v) is 2.35. The normalized spacial score (nSPS) is 10.9. The number of allylic oxidation sites excluding steroid dienone is 1. The number of aliphatic imine (C=N–C) groups is 1. The highest BCUT2D eigenvalue weighted by Crippen LogP contribution is 2.10. The van der Waals surface area contributed by atoms with Crippen LogP contribution in [0.4, 0.5) is 4.39 Å². The third kappa shape index (κ3) is 8.10. The average molecular weight is 449 g/mol. The van der Waals surface area contributed by atoms with Gasteiger partial charge in [-0.05, 0) is 37.0 Å². The molecule has 0 amide bonds. The van der Waals surface area contributed by atoms with Crippen molar-refractivity contribution in [3.8, 4) is 0 Å². The number of unbranched alkanes of at least 4 members (excludes halogenated alkanes) is 3. The van der Waals surface area contributed by atoms with Gasteiger partial charge in [-0.3, -0.25) is 4.99 Å². The van der Waals surface area contributed by atoms with Crippen LogP contribution < -0.4 is 5.32 Å². The van der Waals surface area contributed by atoms with E-state index in [2.05, 4.69) is 21.8 Å². The maximum atomic E-state index is 13.4. The van der Waals surface area contributed by atoms with Crippen LogP contribution in [-0.2, 0) is 13.2 Å². The molecular formula is C18H29FIN3O. The van der Waals surface area contributed by atoms with Gasteiger partial charge in [0.2, 0.25) is 0 Å². The van der Waals surface area contributed by atoms with Crippen molar-refractivity contribution < 1.29 is 9.50 Å². The predicted octanol–water partition coefficient (Wildman–Crippen LogP) is 3.69. The molecule has 0 fully saturated rings. The third-order valence-electron chi connectivity index (χ3n) is 3.71. The van der Waals surface area contributed by atoms with Gasteiger partial charge in [0, 0.05) is 32.7 Å². The summed E-state index contributed by atoms with van der Waals surface area (Å²) >= 11 is 0. The van der Waals surface area contributed by atoms with E-state index in [1.165, 1.54) is 18.9 Å². The number of benzene rings is 1. The molecule has 4 nitrogen and oxygen atoms in total. The lowest BCUT2D eigenvalue weighted by Gasteiger charge is -2.22. The number of rotatable bonds is 9. The van der Waals surface area contributed by atoms with E-state index in [-0.39, 0.29) is 36.4 Å². The van der Waals surface area contributed by atoms with Crippen molar-refractivity contribution in [2.75, 3.05) is 20.6 Å². The molecule has 0 aromatic heterocycles. The molecule has 0 heterocycles. The minimum Gasteiger partial charge on any atom is -0.392 e. The average Bonchev–Trinajstić information content (AvgIpc) is 2.56. The van der Waals surface area contributed by atoms with Crippen molar-refractivity contribution >= 4 is 29.9 Å². The summed E-state index contributed by atoms with van der Waals surface area (Å²) in [6, 6.07) is 4.77. The number of nitrogens with one attached hydrogen (secondary N) is 1. The van der Waals surface area contributed by atoms with E-state index in [0.717, 1.165) is 30.9 Å². The molecule has 1 rings (SSSR count). The molecule has 0 aliphatic heterocycles. The maximum Gasteiger partial charge on any atom is 0.193 e. The zero-order valence-corrected chi connectivity index (χ0v) is 16.9. The van der Waals surface area contributed by atoms with Gasteiger partial charge < -0.3 is 15.3 Å². The summed E-state index contributed by atoms with van der Waals surface area (Å²) in [6.07, 6.45) is 6.46. The van der Waals surface area contributed by atoms with E-state index in [9.17, 15) is 4.39 Å². The number of aliphatic hydroxyl groups is 1. The molecule has 6 heteroatoms. The summed E-state index contributed by atoms with van der Waals surface area (Å²) in [6.45, 7) is 4.91. The highest BCUT2D eigenvalue weighted by Gasteiger charge is 2.07. The molecule has 1 aromatic carbocycles. The van der Waals surface area contributed by atoms with E-state index in [1.54, 1.807) is 19.2 Å². The Labute approximate surface area is 161 Å². The summed E-state index contributed by atoms with van der Waals surface area (Å²) in [4.78, 5) is 6.36. The molecule has 0 unspecified atom stereocenters. The number of hydrogen-bond acceptors (Lipinski definition) is 2. The fourth-order valence-electron chi connectivity index (χ4n) is 2.35. The molecule has 2 N–H and O–H groups in total. The lowest BCUT2D eigenvalue weighted by molar-refractivity contribution is 0.275. The van der Waals surface area contributed by atoms with Crippen LogP contribution in [0.2, 0.25) is 0 Å². The molecule has 0 radical (unpaired) electrons. The Hall–Kier alpha value is -1.15. The number of nitrogens with zero attached hydrogens (tertiary/aromatic N) is 2. The second-order valence-corrected chi connectivity index (χ2v) is 5.54. The lowest BCUT2D eigenvalue weighted by Crippen LogP contribution is -2.39. The highest BCUT2D eigenvalue weighted by molar-refractivity contribution is 14.0. The summed E-state index contributed by atoms with van der Waals surface area (Å²) in [5.74, 6) is 0.431. The lowest BCUT2D eigenvalue weighted by atomic mass is 10.1. The standard InChI is InChI=1S/C18H28FN3O.HI/c1-4-5-6-7-8-11-22(3)18(20-2)21-13-15-9-10-17(19)16(12-15)14-23;/h4,9-10,12,23H,1,5-8,11,13-14H2,2-3H3,(H,20,21);1H. The molecule has 1 aromatic rings. The first-order valence-electron chi connectivity index (χ1n) is 8.03. The zero-order chi connectivity index (χ0) is 17.1. The van der Waals surface area contributed by atoms with Gasteiger partial charge in [-0.25, -0.2) is 4.39 Å². The van der Waals surface area contributed by atoms with E-state index >= 15 is 0 Å². The van der Waals surface area contributed by atoms with E-state index in [1.807, 2.05) is 13.1 Å². The van der Waals surface area contributed by atoms with Crippen molar-refractivity contribution in [1.82, 2.24) is 10.2 Å². The van der Waals surface area contributed by atoms with Gasteiger partial charge in [-0.2, -0.15) is 0 Å². The molecule has 0 bridgehead atoms. The molecule has 0 saturated heterocycles. The van der Waals surface area contributed by atoms with Gasteiger partial charge >= 0.3 is 0 Å². The summed E-state index contributed by atoms with van der Waals surface area (Å²) in [5.41, 5.74) is 1.23. The topological polar surface area (TPSA) is 47.9 Å². The second-order valence-electron chi connectivity index (χ2n) is 5.54. The summed E-state index contributed by atoms with van der Waals surface area (Å²) in [5, 5.41) is 12.4. The van der Waals surface area contributed by atoms with Gasteiger partial charge in [0.05, 0.1) is 6.61 Å². The molecule has 24 heavy (non-hydrogen) atoms. The van der Waals surface area contributed by atoms with Crippen molar-refractivity contribution in [1.29, 1.82) is 0 Å². The number of aliphatic hydroxyl groups excluding tert-OH is 1. The molecule has 0 spiro atoms. The van der Waals surface area contributed by atoms with Crippen LogP contribution in [0.1, 0.15) is 36.8 Å². The first kappa shape index (κ1) is 22.9. The smallest absolute Gasteiger partial charge is 0.193 e. The van der Waals surface area contributed by atoms with Crippen LogP contribution in [0.3, 0.4) is 0 Å². The Morgan fingerprint density at radius 2 is 2.12 bits per heavy atom. The first-order valence-corrected chi connectivity index (χ1v) is 8.03. The van der Waals surface area contributed by atoms with Crippen LogP contribution in [0.5, 0.6) is 0 Å². The van der Waals surface area contributed by atoms with Gasteiger partial charge in [0.15, 0.2) is 5.96 Å². The Balaban J connectivity index is 0.00000529. The van der Waals surface area contributed by atoms with E-state index in [0.29, 0.717) is 12.1 Å². The van der Waals surface area contributed by atoms with Crippen LogP contribution in [-0.4, -0.2) is 36.6 Å². The Bertz CT molecular complexity index is 523. The van der Waals surface area contributed by atoms with Crippen LogP contribution in [0.25, 0.3) is 0 Å². The minimum absolute atomic E-state index is 0. The zero-order valence-electron chi connectivity index (χ0n) is 14.6. The van der Waals surface area contributed by atoms with Crippen LogP contribution >= 0.6 is 24.0 Å². The van der Waals surface area contributed by atoms with Crippen molar-refractivity contribution in [2.45, 2.75) is 38.8 Å². The van der Waals surface area contributed by atoms with Crippen LogP contribution in [0, 0.1) is 5.82 Å². The third-order valence-corrected chi connectivity index (χ3v) is 3.71. The first-order chi connectivity index (χ1) is 11.1. The Morgan fingerprint density at radius 1 is 1.38 bits per heavy atom. The molecular weight excluding hydrogens is 420 g/mol. The number of guanidine groups is 1. The molecule has 136 valence electrons. The summed E-state index contributed by atoms with van der Waals surface area (Å²) in [7, 11) is 3.76. The molecule has 0 aliphatic rings. The van der Waals surface area contributed by atoms with Gasteiger partial charge in [0.25, 0.3) is 0 Å². The molecule has 0 atom stereocenters. The van der Waals surface area contributed by atoms with Crippen molar-refractivity contribution in [3.05, 3.63) is 47.8 Å². The number of hydrogen-bond donors (Lipinski definition) is 2. The van der Waals surface area contributed by atoms with Gasteiger partial charge in [-0.15, -0.1) is 30.6 Å². The monoisotopic (exact) mass is 449 g/mol. The number of halogens is 2. The maximum absolute atomic E-state index is 13.4. The molecule has 0 saturated carbocycles. The highest BCUT2D eigenvalue weighted by atomic mass is 127. The van der Waals surface area contributed by atoms with Crippen molar-refractivity contribution in [2.24, 2.45) is 4.99 Å². The largest absolute Gasteiger partial charge is 0.392 e. The predicted molar refractivity (Wildman–Crippen MR) is 109 cm³/mol. The van der Waals surface area contributed by atoms with Gasteiger partial charge in [-0.1, -0.05) is 18.6 Å². The quantitative estimate of drug-likeness (QED) is 0.199. The van der Waals surface area contributed by atoms with Crippen LogP contribution in [0.15, 0.2) is 35.8 Å². The molecule has 0 aliphatic carbocycles. The van der Waals surface area contributed by atoms with E-state index < -0.39 is 0 Å². The van der Waals surface area contributed by atoms with Gasteiger partial charge in [0.1, 0.15) is 5.82 Å². The minimum atomic E-state index is -0.378. The second kappa shape index (κ2) is 13.2. The SMILES string of the molecule is C=CCCCCCN(C)C(=NC)NCc1ccc(F)c(CO)c1.I. The van der Waals surface area contributed by atoms with Crippen molar-refractivity contribution in [3.63, 3.8) is 0 Å². The Kier molecular flexibility index (Phi) is 12.5. The van der Waals surface area contributed by atoms with E-state index in [4.69, 9.17) is 5.11 Å². The Morgan fingerprint density at radius 3 is 2.75 bits per heavy atom. The summed E-state index contributed by atoms with van der Waals surface area (Å²) < 4.78 is 13.4. The fraction of sp³-hybridized carbons (Fsp3) is 0.500.